The maximum atomic E-state index is 12.7. The van der Waals surface area contributed by atoms with Gasteiger partial charge in [0.25, 0.3) is 0 Å². The molecule has 3 aliphatic heterocycles. The van der Waals surface area contributed by atoms with Crippen LogP contribution in [-0.2, 0) is 28.6 Å². The molecule has 1 atom stereocenters. The van der Waals surface area contributed by atoms with Crippen LogP contribution in [0.5, 0.6) is 5.75 Å². The molecule has 11 rings (SSSR count). The summed E-state index contributed by atoms with van der Waals surface area (Å²) in [5.74, 6) is 2.52. The quantitative estimate of drug-likeness (QED) is 0.0436. The number of aryl methyl sites for hydroxylation is 2. The van der Waals surface area contributed by atoms with Crippen LogP contribution in [0.4, 0.5) is 17.1 Å². The van der Waals surface area contributed by atoms with Gasteiger partial charge in [-0.2, -0.15) is 4.58 Å². The molecule has 388 valence electrons. The number of piperazine rings is 1. The number of amides is 1. The molecule has 1 fully saturated rings. The largest absolute Gasteiger partial charge is 0.494 e. The number of likely N-dealkylation sites (N-methyl/N-ethyl adjacent to an activating group) is 2. The fraction of sp³-hybridized carbons (Fsp3) is 0.323. The summed E-state index contributed by atoms with van der Waals surface area (Å²) in [6.07, 6.45) is 16.8. The van der Waals surface area contributed by atoms with Crippen molar-refractivity contribution in [2.75, 3.05) is 70.3 Å². The van der Waals surface area contributed by atoms with E-state index in [1.54, 1.807) is 7.05 Å². The molecule has 3 N–H and O–H groups in total. The Balaban J connectivity index is 0.657. The monoisotopic (exact) mass is 1010 g/mol. The molecule has 5 aromatic carbocycles. The second-order valence-corrected chi connectivity index (χ2v) is 21.3. The molecule has 1 unspecified atom stereocenters. The van der Waals surface area contributed by atoms with Gasteiger partial charge in [-0.25, -0.2) is 9.97 Å². The molecular formula is C62H69N12O2+. The Morgan fingerprint density at radius 1 is 0.776 bits per heavy atom. The van der Waals surface area contributed by atoms with Crippen molar-refractivity contribution in [3.63, 3.8) is 0 Å². The zero-order chi connectivity index (χ0) is 52.4. The summed E-state index contributed by atoms with van der Waals surface area (Å²) < 4.78 is 10.6. The van der Waals surface area contributed by atoms with Gasteiger partial charge < -0.3 is 34.7 Å². The smallest absolute Gasteiger partial charge is 0.221 e. The average molecular weight is 1010 g/mol. The third kappa shape index (κ3) is 10.1. The number of allylic oxidation sites excluding steroid dienone is 6. The topological polar surface area (TPSA) is 139 Å². The zero-order valence-electron chi connectivity index (χ0n) is 44.7. The Morgan fingerprint density at radius 2 is 1.49 bits per heavy atom. The van der Waals surface area contributed by atoms with Gasteiger partial charge in [0.2, 0.25) is 11.6 Å². The van der Waals surface area contributed by atoms with Gasteiger partial charge in [-0.1, -0.05) is 59.8 Å². The number of aromatic amines is 2. The molecule has 0 saturated carbocycles. The van der Waals surface area contributed by atoms with E-state index in [9.17, 15) is 4.79 Å². The standard InChI is InChI=1S/C62H68N12O2/c1-61(2)48-18-10-13-21-55(48)74(56(61)22-8-7-9-23-57-62(3,41-58(75)63-4)49-19-11-12-20-54(49)71(57)6)33-16-17-45-42-73(69-68-45)32-14-15-38-76-47-28-24-43(25-29-47)59-64-50-30-26-44(39-52(50)66-59)60-65-51-31-27-46(40-53(51)67-60)72-36-34-70(5)35-37-72/h7-13,18-31,39-40,42H,14-17,32-38,41H2,1-6H3,(H2-,63,64,65,66,67,68,69,75)/p+1. The predicted molar refractivity (Wildman–Crippen MR) is 306 cm³/mol. The number of carbonyl (C=O) groups is 1. The maximum Gasteiger partial charge on any atom is 0.221 e. The van der Waals surface area contributed by atoms with Crippen LogP contribution in [0.25, 0.3) is 44.8 Å². The Kier molecular flexibility index (Phi) is 14.0. The van der Waals surface area contributed by atoms with E-state index in [1.165, 1.54) is 28.2 Å². The van der Waals surface area contributed by atoms with Gasteiger partial charge in [0, 0.05) is 117 Å². The van der Waals surface area contributed by atoms with Gasteiger partial charge in [-0.05, 0) is 125 Å². The van der Waals surface area contributed by atoms with Crippen LogP contribution in [-0.4, -0.2) is 116 Å². The van der Waals surface area contributed by atoms with E-state index in [4.69, 9.17) is 14.7 Å². The number of unbranched alkanes of at least 4 members (excludes halogenated alkanes) is 1. The van der Waals surface area contributed by atoms with E-state index in [1.807, 2.05) is 16.8 Å². The highest BCUT2D eigenvalue weighted by atomic mass is 16.5. The van der Waals surface area contributed by atoms with Crippen molar-refractivity contribution >= 4 is 50.7 Å². The van der Waals surface area contributed by atoms with Crippen molar-refractivity contribution in [2.24, 2.45) is 0 Å². The lowest BCUT2D eigenvalue weighted by atomic mass is 9.78. The molecule has 0 radical (unpaired) electrons. The van der Waals surface area contributed by atoms with E-state index in [0.717, 1.165) is 133 Å². The second kappa shape index (κ2) is 21.3. The molecule has 0 aliphatic carbocycles. The number of hydrogen-bond acceptors (Lipinski definition) is 9. The van der Waals surface area contributed by atoms with Gasteiger partial charge in [0.15, 0.2) is 5.71 Å². The predicted octanol–water partition coefficient (Wildman–Crippen LogP) is 10.5. The second-order valence-electron chi connectivity index (χ2n) is 21.3. The molecule has 1 saturated heterocycles. The molecular weight excluding hydrogens is 945 g/mol. The van der Waals surface area contributed by atoms with E-state index in [0.29, 0.717) is 13.0 Å². The van der Waals surface area contributed by atoms with Crippen LogP contribution < -0.4 is 19.9 Å². The highest BCUT2D eigenvalue weighted by Gasteiger charge is 2.45. The molecule has 76 heavy (non-hydrogen) atoms. The first kappa shape index (κ1) is 50.1. The van der Waals surface area contributed by atoms with Crippen molar-refractivity contribution in [3.8, 4) is 28.5 Å². The summed E-state index contributed by atoms with van der Waals surface area (Å²) in [7, 11) is 5.97. The van der Waals surface area contributed by atoms with Crippen molar-refractivity contribution in [2.45, 2.75) is 70.3 Å². The number of ether oxygens (including phenoxy) is 1. The van der Waals surface area contributed by atoms with Crippen LogP contribution in [0.3, 0.4) is 0 Å². The minimum absolute atomic E-state index is 0.0235. The maximum absolute atomic E-state index is 12.7. The first-order valence-electron chi connectivity index (χ1n) is 26.8. The number of imidazole rings is 2. The number of carbonyl (C=O) groups excluding carboxylic acids is 1. The van der Waals surface area contributed by atoms with Crippen molar-refractivity contribution in [1.29, 1.82) is 0 Å². The van der Waals surface area contributed by atoms with Gasteiger partial charge in [0.05, 0.1) is 39.8 Å². The number of anilines is 2. The minimum atomic E-state index is -0.432. The molecule has 1 amide bonds. The minimum Gasteiger partial charge on any atom is -0.494 e. The number of para-hydroxylation sites is 2. The number of rotatable bonds is 18. The third-order valence-corrected chi connectivity index (χ3v) is 15.8. The molecule has 14 heteroatoms. The molecule has 0 bridgehead atoms. The normalized spacial score (nSPS) is 18.1. The third-order valence-electron chi connectivity index (χ3n) is 15.8. The number of H-pyrrole nitrogens is 2. The summed E-state index contributed by atoms with van der Waals surface area (Å²) in [6.45, 7) is 13.3. The van der Waals surface area contributed by atoms with Crippen molar-refractivity contribution in [1.82, 2.24) is 45.1 Å². The van der Waals surface area contributed by atoms with E-state index in [-0.39, 0.29) is 11.3 Å². The average Bonchev–Trinajstić information content (AvgIpc) is 4.32. The number of nitrogens with one attached hydrogen (secondary N) is 3. The van der Waals surface area contributed by atoms with Gasteiger partial charge in [-0.3, -0.25) is 9.48 Å². The molecule has 3 aromatic heterocycles. The van der Waals surface area contributed by atoms with E-state index in [2.05, 4.69) is 213 Å². The van der Waals surface area contributed by atoms with E-state index < -0.39 is 5.41 Å². The summed E-state index contributed by atoms with van der Waals surface area (Å²) >= 11 is 0. The number of nitrogens with zero attached hydrogens (tertiary/aromatic N) is 9. The first-order chi connectivity index (χ1) is 36.9. The van der Waals surface area contributed by atoms with Crippen molar-refractivity contribution in [3.05, 3.63) is 168 Å². The molecule has 0 spiro atoms. The highest BCUT2D eigenvalue weighted by Crippen LogP contribution is 2.49. The lowest BCUT2D eigenvalue weighted by Gasteiger charge is -2.34. The number of aromatic nitrogens is 7. The van der Waals surface area contributed by atoms with Gasteiger partial charge in [0.1, 0.15) is 23.9 Å². The van der Waals surface area contributed by atoms with Crippen LogP contribution >= 0.6 is 0 Å². The van der Waals surface area contributed by atoms with Gasteiger partial charge in [-0.15, -0.1) is 5.10 Å². The Labute approximate surface area is 445 Å². The SMILES string of the molecule is CNC(=O)CC1(C)/C(=C/C=C/C=C/C2=[N+](CCCc3cn(CCCCOc4ccc(-c5nc6ccc(-c7nc8ccc(N9CCN(C)CC9)cc8[nH]7)cc6[nH]5)cc4)nn3)c3ccccc3C2(C)C)N(C)c2ccccc21. The lowest BCUT2D eigenvalue weighted by Crippen LogP contribution is -2.44. The van der Waals surface area contributed by atoms with Crippen LogP contribution in [0, 0.1) is 0 Å². The molecule has 8 aromatic rings. The summed E-state index contributed by atoms with van der Waals surface area (Å²) in [5.41, 5.74) is 14.8. The van der Waals surface area contributed by atoms with E-state index >= 15 is 0 Å². The molecule has 6 heterocycles. The number of fused-ring (bicyclic) bond motifs is 4. The van der Waals surface area contributed by atoms with Gasteiger partial charge >= 0.3 is 0 Å². The van der Waals surface area contributed by atoms with Crippen LogP contribution in [0.1, 0.15) is 63.3 Å². The van der Waals surface area contributed by atoms with Crippen molar-refractivity contribution < 1.29 is 14.1 Å². The fourth-order valence-corrected chi connectivity index (χ4v) is 11.4. The van der Waals surface area contributed by atoms with Crippen LogP contribution in [0.2, 0.25) is 0 Å². The van der Waals surface area contributed by atoms with Crippen LogP contribution in [0.15, 0.2) is 151 Å². The summed E-state index contributed by atoms with van der Waals surface area (Å²) in [4.78, 5) is 36.7. The highest BCUT2D eigenvalue weighted by molar-refractivity contribution is 6.03. The number of benzene rings is 5. The summed E-state index contributed by atoms with van der Waals surface area (Å²) in [6, 6.07) is 38.0. The zero-order valence-corrected chi connectivity index (χ0v) is 44.7. The summed E-state index contributed by atoms with van der Waals surface area (Å²) in [5, 5.41) is 11.9. The Hall–Kier alpha value is -8.10. The molecule has 14 nitrogen and oxygen atoms in total. The first-order valence-corrected chi connectivity index (χ1v) is 26.8. The lowest BCUT2D eigenvalue weighted by molar-refractivity contribution is -0.438. The Bertz CT molecular complexity index is 3530. The molecule has 3 aliphatic rings. The Morgan fingerprint density at radius 3 is 2.28 bits per heavy atom. The fourth-order valence-electron chi connectivity index (χ4n) is 11.4. The number of hydrogen-bond donors (Lipinski definition) is 3.